The Hall–Kier alpha value is -2.08. The van der Waals surface area contributed by atoms with E-state index in [-0.39, 0.29) is 12.0 Å². The highest BCUT2D eigenvalue weighted by molar-refractivity contribution is 5.89. The van der Waals surface area contributed by atoms with Gasteiger partial charge in [-0.05, 0) is 19.2 Å². The van der Waals surface area contributed by atoms with E-state index < -0.39 is 0 Å². The molecule has 2 amide bonds. The van der Waals surface area contributed by atoms with Crippen LogP contribution in [0.4, 0.5) is 10.5 Å². The Kier molecular flexibility index (Phi) is 4.57. The van der Waals surface area contributed by atoms with Gasteiger partial charge in [0, 0.05) is 44.9 Å². The summed E-state index contributed by atoms with van der Waals surface area (Å²) in [6.45, 7) is 4.52. The summed E-state index contributed by atoms with van der Waals surface area (Å²) in [6.07, 6.45) is 0. The van der Waals surface area contributed by atoms with Gasteiger partial charge in [0.15, 0.2) is 0 Å². The van der Waals surface area contributed by atoms with Crippen molar-refractivity contribution in [3.8, 4) is 5.75 Å². The molecule has 1 aromatic carbocycles. The van der Waals surface area contributed by atoms with Gasteiger partial charge in [-0.15, -0.1) is 0 Å². The van der Waals surface area contributed by atoms with Crippen molar-refractivity contribution >= 4 is 17.7 Å². The number of benzene rings is 1. The van der Waals surface area contributed by atoms with Crippen molar-refractivity contribution < 1.29 is 14.3 Å². The quantitative estimate of drug-likeness (QED) is 0.655. The molecule has 6 heteroatoms. The van der Waals surface area contributed by atoms with Gasteiger partial charge in [0.2, 0.25) is 0 Å². The van der Waals surface area contributed by atoms with E-state index in [1.54, 1.807) is 29.2 Å². The molecule has 0 saturated carbocycles. The largest absolute Gasteiger partial charge is 0.427 e. The Balaban J connectivity index is 1.95. The van der Waals surface area contributed by atoms with E-state index in [4.69, 9.17) is 4.74 Å². The molecule has 1 aliphatic heterocycles. The number of ether oxygens (including phenoxy) is 1. The lowest BCUT2D eigenvalue weighted by Crippen LogP contribution is -2.48. The fraction of sp³-hybridized carbons (Fsp3) is 0.429. The minimum atomic E-state index is -0.382. The van der Waals surface area contributed by atoms with Crippen molar-refractivity contribution in [2.75, 3.05) is 38.5 Å². The number of nitrogens with zero attached hydrogens (tertiary/aromatic N) is 2. The SMILES string of the molecule is CC(=O)Oc1cccc(NC(=O)N2CCN(C)CC2)c1. The molecule has 20 heavy (non-hydrogen) atoms. The van der Waals surface area contributed by atoms with Gasteiger partial charge in [-0.3, -0.25) is 4.79 Å². The highest BCUT2D eigenvalue weighted by Crippen LogP contribution is 2.18. The van der Waals surface area contributed by atoms with E-state index in [0.29, 0.717) is 24.5 Å². The van der Waals surface area contributed by atoms with Crippen LogP contribution >= 0.6 is 0 Å². The van der Waals surface area contributed by atoms with Gasteiger partial charge in [0.25, 0.3) is 0 Å². The van der Waals surface area contributed by atoms with Crippen molar-refractivity contribution in [3.63, 3.8) is 0 Å². The van der Waals surface area contributed by atoms with E-state index in [2.05, 4.69) is 10.2 Å². The molecular weight excluding hydrogens is 258 g/mol. The first-order valence-corrected chi connectivity index (χ1v) is 6.57. The van der Waals surface area contributed by atoms with E-state index in [0.717, 1.165) is 13.1 Å². The zero-order chi connectivity index (χ0) is 14.5. The maximum absolute atomic E-state index is 12.1. The summed E-state index contributed by atoms with van der Waals surface area (Å²) < 4.78 is 4.99. The zero-order valence-electron chi connectivity index (χ0n) is 11.8. The number of urea groups is 1. The maximum Gasteiger partial charge on any atom is 0.321 e. The molecule has 0 aliphatic carbocycles. The van der Waals surface area contributed by atoms with E-state index >= 15 is 0 Å². The standard InChI is InChI=1S/C14H19N3O3/c1-11(18)20-13-5-3-4-12(10-13)15-14(19)17-8-6-16(2)7-9-17/h3-5,10H,6-9H2,1-2H3,(H,15,19). The van der Waals surface area contributed by atoms with Crippen LogP contribution in [-0.4, -0.2) is 55.0 Å². The number of rotatable bonds is 2. The third kappa shape index (κ3) is 3.96. The highest BCUT2D eigenvalue weighted by atomic mass is 16.5. The molecule has 1 N–H and O–H groups in total. The van der Waals surface area contributed by atoms with Crippen LogP contribution in [0.15, 0.2) is 24.3 Å². The number of nitrogens with one attached hydrogen (secondary N) is 1. The molecule has 0 aromatic heterocycles. The van der Waals surface area contributed by atoms with Gasteiger partial charge in [-0.25, -0.2) is 4.79 Å². The monoisotopic (exact) mass is 277 g/mol. The molecule has 1 aromatic rings. The molecule has 2 rings (SSSR count). The third-order valence-corrected chi connectivity index (χ3v) is 3.14. The smallest absolute Gasteiger partial charge is 0.321 e. The molecule has 1 heterocycles. The van der Waals surface area contributed by atoms with E-state index in [9.17, 15) is 9.59 Å². The summed E-state index contributed by atoms with van der Waals surface area (Å²) in [6, 6.07) is 6.68. The molecule has 0 bridgehead atoms. The lowest BCUT2D eigenvalue weighted by atomic mass is 10.3. The Morgan fingerprint density at radius 1 is 1.20 bits per heavy atom. The molecular formula is C14H19N3O3. The van der Waals surface area contributed by atoms with E-state index in [1.165, 1.54) is 6.92 Å². The number of anilines is 1. The summed E-state index contributed by atoms with van der Waals surface area (Å²) in [7, 11) is 2.04. The zero-order valence-corrected chi connectivity index (χ0v) is 11.8. The molecule has 0 spiro atoms. The molecule has 0 atom stereocenters. The molecule has 0 radical (unpaired) electrons. The van der Waals surface area contributed by atoms with Gasteiger partial charge in [-0.2, -0.15) is 0 Å². The second kappa shape index (κ2) is 6.38. The van der Waals surface area contributed by atoms with E-state index in [1.807, 2.05) is 7.05 Å². The van der Waals surface area contributed by atoms with Crippen molar-refractivity contribution in [2.24, 2.45) is 0 Å². The van der Waals surface area contributed by atoms with Gasteiger partial charge >= 0.3 is 12.0 Å². The first kappa shape index (κ1) is 14.3. The number of hydrogen-bond acceptors (Lipinski definition) is 4. The van der Waals surface area contributed by atoms with Crippen molar-refractivity contribution in [3.05, 3.63) is 24.3 Å². The maximum atomic E-state index is 12.1. The Morgan fingerprint density at radius 3 is 2.55 bits per heavy atom. The van der Waals surface area contributed by atoms with Crippen molar-refractivity contribution in [1.82, 2.24) is 9.80 Å². The van der Waals surface area contributed by atoms with Crippen LogP contribution in [0.5, 0.6) is 5.75 Å². The lowest BCUT2D eigenvalue weighted by Gasteiger charge is -2.32. The van der Waals surface area contributed by atoms with Gasteiger partial charge in [0.05, 0.1) is 0 Å². The highest BCUT2D eigenvalue weighted by Gasteiger charge is 2.18. The van der Waals surface area contributed by atoms with Gasteiger partial charge in [-0.1, -0.05) is 6.07 Å². The van der Waals surface area contributed by atoms with Gasteiger partial charge in [0.1, 0.15) is 5.75 Å². The van der Waals surface area contributed by atoms with Crippen LogP contribution < -0.4 is 10.1 Å². The number of carbonyl (C=O) groups is 2. The second-order valence-corrected chi connectivity index (χ2v) is 4.84. The summed E-state index contributed by atoms with van der Waals surface area (Å²) in [5, 5.41) is 2.82. The summed E-state index contributed by atoms with van der Waals surface area (Å²) in [5.41, 5.74) is 0.618. The second-order valence-electron chi connectivity index (χ2n) is 4.84. The Bertz CT molecular complexity index is 496. The van der Waals surface area contributed by atoms with Crippen LogP contribution in [0.2, 0.25) is 0 Å². The average molecular weight is 277 g/mol. The number of esters is 1. The Morgan fingerprint density at radius 2 is 1.90 bits per heavy atom. The molecule has 108 valence electrons. The third-order valence-electron chi connectivity index (χ3n) is 3.14. The number of hydrogen-bond donors (Lipinski definition) is 1. The molecule has 1 saturated heterocycles. The number of likely N-dealkylation sites (N-methyl/N-ethyl adjacent to an activating group) is 1. The number of piperazine rings is 1. The average Bonchev–Trinajstić information content (AvgIpc) is 2.39. The molecule has 1 fully saturated rings. The summed E-state index contributed by atoms with van der Waals surface area (Å²) in [4.78, 5) is 27.0. The van der Waals surface area contributed by atoms with Crippen LogP contribution in [0.25, 0.3) is 0 Å². The van der Waals surface area contributed by atoms with Crippen molar-refractivity contribution in [2.45, 2.75) is 6.92 Å². The fourth-order valence-electron chi connectivity index (χ4n) is 2.02. The fourth-order valence-corrected chi connectivity index (χ4v) is 2.02. The molecule has 6 nitrogen and oxygen atoms in total. The van der Waals surface area contributed by atoms with Crippen LogP contribution in [-0.2, 0) is 4.79 Å². The first-order chi connectivity index (χ1) is 9.54. The minimum absolute atomic E-state index is 0.127. The predicted molar refractivity (Wildman–Crippen MR) is 75.8 cm³/mol. The molecule has 0 unspecified atom stereocenters. The topological polar surface area (TPSA) is 61.9 Å². The van der Waals surface area contributed by atoms with Crippen molar-refractivity contribution in [1.29, 1.82) is 0 Å². The normalized spacial score (nSPS) is 15.8. The predicted octanol–water partition coefficient (Wildman–Crippen LogP) is 1.39. The molecule has 1 aliphatic rings. The van der Waals surface area contributed by atoms with Crippen LogP contribution in [0, 0.1) is 0 Å². The number of carbonyl (C=O) groups excluding carboxylic acids is 2. The Labute approximate surface area is 118 Å². The summed E-state index contributed by atoms with van der Waals surface area (Å²) >= 11 is 0. The minimum Gasteiger partial charge on any atom is -0.427 e. The first-order valence-electron chi connectivity index (χ1n) is 6.57. The lowest BCUT2D eigenvalue weighted by molar-refractivity contribution is -0.131. The van der Waals surface area contributed by atoms with Crippen LogP contribution in [0.3, 0.4) is 0 Å². The number of amides is 2. The summed E-state index contributed by atoms with van der Waals surface area (Å²) in [5.74, 6) is 0.0428. The van der Waals surface area contributed by atoms with Crippen LogP contribution in [0.1, 0.15) is 6.92 Å². The van der Waals surface area contributed by atoms with Gasteiger partial charge < -0.3 is 19.9 Å².